The number of aromatic nitrogens is 2. The van der Waals surface area contributed by atoms with Gasteiger partial charge in [0, 0.05) is 24.8 Å². The zero-order valence-electron chi connectivity index (χ0n) is 17.8. The number of carbonyl (C=O) groups excluding carboxylic acids is 1. The predicted octanol–water partition coefficient (Wildman–Crippen LogP) is 4.86. The van der Waals surface area contributed by atoms with Gasteiger partial charge in [0.15, 0.2) is 0 Å². The van der Waals surface area contributed by atoms with Crippen LogP contribution in [0.5, 0.6) is 5.75 Å². The Hall–Kier alpha value is -3.53. The van der Waals surface area contributed by atoms with E-state index in [2.05, 4.69) is 20.5 Å². The van der Waals surface area contributed by atoms with Crippen molar-refractivity contribution in [1.29, 1.82) is 0 Å². The van der Waals surface area contributed by atoms with E-state index in [4.69, 9.17) is 4.74 Å². The van der Waals surface area contributed by atoms with Gasteiger partial charge in [-0.1, -0.05) is 24.3 Å². The average Bonchev–Trinajstić information content (AvgIpc) is 3.02. The summed E-state index contributed by atoms with van der Waals surface area (Å²) >= 11 is 0. The number of halogens is 3. The molecule has 2 N–H and O–H groups in total. The Labute approximate surface area is 183 Å². The van der Waals surface area contributed by atoms with E-state index >= 15 is 0 Å². The summed E-state index contributed by atoms with van der Waals surface area (Å²) < 4.78 is 49.0. The standard InChI is InChI=1S/C22H23F3N4O3/c1-14-15(2)28-29(18-7-5-4-6-8-18)20(14)27-21(30)26-12-17-11-16(13-31-3)9-10-19(17)32-22(23,24)25/h4-11H,12-13H2,1-3H3,(H2,26,27,30). The Morgan fingerprint density at radius 3 is 2.50 bits per heavy atom. The molecular formula is C22H23F3N4O3. The van der Waals surface area contributed by atoms with Gasteiger partial charge in [0.05, 0.1) is 18.0 Å². The molecule has 0 spiro atoms. The van der Waals surface area contributed by atoms with Crippen LogP contribution in [0.3, 0.4) is 0 Å². The van der Waals surface area contributed by atoms with Crippen molar-refractivity contribution in [2.24, 2.45) is 0 Å². The number of ether oxygens (including phenoxy) is 2. The minimum Gasteiger partial charge on any atom is -0.405 e. The van der Waals surface area contributed by atoms with Gasteiger partial charge in [-0.3, -0.25) is 5.32 Å². The lowest BCUT2D eigenvalue weighted by atomic mass is 10.1. The Kier molecular flexibility index (Phi) is 7.04. The van der Waals surface area contributed by atoms with Crippen LogP contribution >= 0.6 is 0 Å². The number of para-hydroxylation sites is 1. The number of aryl methyl sites for hydroxylation is 1. The van der Waals surface area contributed by atoms with Crippen molar-refractivity contribution in [2.45, 2.75) is 33.4 Å². The summed E-state index contributed by atoms with van der Waals surface area (Å²) in [7, 11) is 1.48. The molecule has 0 aliphatic carbocycles. The molecule has 0 atom stereocenters. The van der Waals surface area contributed by atoms with Crippen molar-refractivity contribution in [2.75, 3.05) is 12.4 Å². The van der Waals surface area contributed by atoms with Gasteiger partial charge in [-0.2, -0.15) is 5.10 Å². The summed E-state index contributed by atoms with van der Waals surface area (Å²) in [5.74, 6) is 0.0742. The first-order chi connectivity index (χ1) is 15.2. The van der Waals surface area contributed by atoms with Gasteiger partial charge in [-0.15, -0.1) is 13.2 Å². The van der Waals surface area contributed by atoms with Crippen molar-refractivity contribution in [3.8, 4) is 11.4 Å². The molecule has 0 saturated carbocycles. The van der Waals surface area contributed by atoms with E-state index in [1.54, 1.807) is 4.68 Å². The molecule has 2 aromatic carbocycles. The van der Waals surface area contributed by atoms with Crippen LogP contribution in [-0.4, -0.2) is 29.3 Å². The molecule has 1 aromatic heterocycles. The first kappa shape index (κ1) is 23.1. The van der Waals surface area contributed by atoms with Crippen LogP contribution in [0.15, 0.2) is 48.5 Å². The molecule has 0 radical (unpaired) electrons. The average molecular weight is 448 g/mol. The highest BCUT2D eigenvalue weighted by Crippen LogP contribution is 2.28. The highest BCUT2D eigenvalue weighted by Gasteiger charge is 2.32. The number of hydrogen-bond acceptors (Lipinski definition) is 4. The largest absolute Gasteiger partial charge is 0.573 e. The van der Waals surface area contributed by atoms with Gasteiger partial charge in [0.25, 0.3) is 0 Å². The number of rotatable bonds is 7. The van der Waals surface area contributed by atoms with Crippen LogP contribution < -0.4 is 15.4 Å². The van der Waals surface area contributed by atoms with Crippen LogP contribution in [0, 0.1) is 13.8 Å². The fourth-order valence-electron chi connectivity index (χ4n) is 3.09. The molecule has 0 bridgehead atoms. The van der Waals surface area contributed by atoms with Crippen molar-refractivity contribution >= 4 is 11.8 Å². The van der Waals surface area contributed by atoms with E-state index in [0.717, 1.165) is 16.9 Å². The second-order valence-electron chi connectivity index (χ2n) is 7.04. The molecule has 2 amide bonds. The molecule has 0 unspecified atom stereocenters. The number of anilines is 1. The maximum Gasteiger partial charge on any atom is 0.573 e. The van der Waals surface area contributed by atoms with E-state index in [1.165, 1.54) is 25.3 Å². The number of urea groups is 1. The van der Waals surface area contributed by atoms with Crippen LogP contribution in [0.25, 0.3) is 5.69 Å². The Balaban J connectivity index is 1.78. The minimum absolute atomic E-state index is 0.163. The number of nitrogens with one attached hydrogen (secondary N) is 2. The molecule has 170 valence electrons. The smallest absolute Gasteiger partial charge is 0.405 e. The number of hydrogen-bond donors (Lipinski definition) is 2. The Bertz CT molecular complexity index is 1080. The maximum atomic E-state index is 12.8. The third-order valence-electron chi connectivity index (χ3n) is 4.69. The quantitative estimate of drug-likeness (QED) is 0.542. The van der Waals surface area contributed by atoms with Gasteiger partial charge < -0.3 is 14.8 Å². The Morgan fingerprint density at radius 1 is 1.12 bits per heavy atom. The van der Waals surface area contributed by atoms with E-state index in [-0.39, 0.29) is 24.5 Å². The van der Waals surface area contributed by atoms with E-state index in [9.17, 15) is 18.0 Å². The first-order valence-electron chi connectivity index (χ1n) is 9.71. The van der Waals surface area contributed by atoms with Crippen molar-refractivity contribution in [1.82, 2.24) is 15.1 Å². The van der Waals surface area contributed by atoms with E-state index < -0.39 is 12.4 Å². The summed E-state index contributed by atoms with van der Waals surface area (Å²) in [5.41, 5.74) is 3.07. The molecule has 32 heavy (non-hydrogen) atoms. The summed E-state index contributed by atoms with van der Waals surface area (Å²) in [4.78, 5) is 12.6. The van der Waals surface area contributed by atoms with Gasteiger partial charge in [-0.25, -0.2) is 9.48 Å². The van der Waals surface area contributed by atoms with Gasteiger partial charge in [-0.05, 0) is 43.7 Å². The predicted molar refractivity (Wildman–Crippen MR) is 113 cm³/mol. The number of benzene rings is 2. The topological polar surface area (TPSA) is 77.4 Å². The van der Waals surface area contributed by atoms with Gasteiger partial charge in [0.2, 0.25) is 0 Å². The third kappa shape index (κ3) is 5.79. The second-order valence-corrected chi connectivity index (χ2v) is 7.04. The summed E-state index contributed by atoms with van der Waals surface area (Å²) in [6.45, 7) is 3.66. The number of carbonyl (C=O) groups is 1. The van der Waals surface area contributed by atoms with E-state index in [1.807, 2.05) is 44.2 Å². The van der Waals surface area contributed by atoms with Crippen LogP contribution in [0.2, 0.25) is 0 Å². The zero-order valence-corrected chi connectivity index (χ0v) is 17.8. The van der Waals surface area contributed by atoms with Crippen molar-refractivity contribution in [3.63, 3.8) is 0 Å². The monoisotopic (exact) mass is 448 g/mol. The lowest BCUT2D eigenvalue weighted by Crippen LogP contribution is -2.30. The summed E-state index contributed by atoms with van der Waals surface area (Å²) in [6, 6.07) is 12.8. The first-order valence-corrected chi connectivity index (χ1v) is 9.71. The normalized spacial score (nSPS) is 11.3. The molecule has 3 aromatic rings. The molecule has 0 fully saturated rings. The molecule has 10 heteroatoms. The second kappa shape index (κ2) is 9.73. The summed E-state index contributed by atoms with van der Waals surface area (Å²) in [6.07, 6.45) is -4.85. The third-order valence-corrected chi connectivity index (χ3v) is 4.69. The highest BCUT2D eigenvalue weighted by molar-refractivity contribution is 5.89. The van der Waals surface area contributed by atoms with Gasteiger partial charge in [0.1, 0.15) is 11.6 Å². The number of amides is 2. The van der Waals surface area contributed by atoms with Crippen molar-refractivity contribution in [3.05, 3.63) is 70.9 Å². The molecule has 3 rings (SSSR count). The molecule has 0 aliphatic heterocycles. The van der Waals surface area contributed by atoms with Gasteiger partial charge >= 0.3 is 12.4 Å². The molecule has 0 saturated heterocycles. The fraction of sp³-hybridized carbons (Fsp3) is 0.273. The van der Waals surface area contributed by atoms with Crippen LogP contribution in [-0.2, 0) is 17.9 Å². The molecule has 0 aliphatic rings. The fourth-order valence-corrected chi connectivity index (χ4v) is 3.09. The van der Waals surface area contributed by atoms with E-state index in [0.29, 0.717) is 11.4 Å². The lowest BCUT2D eigenvalue weighted by Gasteiger charge is -2.16. The number of alkyl halides is 3. The van der Waals surface area contributed by atoms with Crippen LogP contribution in [0.1, 0.15) is 22.4 Å². The molecule has 1 heterocycles. The highest BCUT2D eigenvalue weighted by atomic mass is 19.4. The number of nitrogens with zero attached hydrogens (tertiary/aromatic N) is 2. The Morgan fingerprint density at radius 2 is 1.84 bits per heavy atom. The number of methoxy groups -OCH3 is 1. The SMILES string of the molecule is COCc1ccc(OC(F)(F)F)c(CNC(=O)Nc2c(C)c(C)nn2-c2ccccc2)c1. The molecule has 7 nitrogen and oxygen atoms in total. The zero-order chi connectivity index (χ0) is 23.3. The minimum atomic E-state index is -4.85. The van der Waals surface area contributed by atoms with Crippen LogP contribution in [0.4, 0.5) is 23.8 Å². The maximum absolute atomic E-state index is 12.8. The molecular weight excluding hydrogens is 425 g/mol. The van der Waals surface area contributed by atoms with Crippen molar-refractivity contribution < 1.29 is 27.4 Å². The summed E-state index contributed by atoms with van der Waals surface area (Å²) in [5, 5.41) is 9.77. The lowest BCUT2D eigenvalue weighted by molar-refractivity contribution is -0.274.